The van der Waals surface area contributed by atoms with E-state index in [1.807, 2.05) is 13.8 Å². The largest absolute Gasteiger partial charge is 0.352 e. The first-order chi connectivity index (χ1) is 11.3. The van der Waals surface area contributed by atoms with Crippen LogP contribution in [0, 0.1) is 11.7 Å². The van der Waals surface area contributed by atoms with E-state index in [2.05, 4.69) is 15.0 Å². The summed E-state index contributed by atoms with van der Waals surface area (Å²) in [4.78, 5) is 15.8. The summed E-state index contributed by atoms with van der Waals surface area (Å²) in [5, 5.41) is 2.73. The van der Waals surface area contributed by atoms with Crippen LogP contribution in [0.25, 0.3) is 0 Å². The molecule has 0 saturated heterocycles. The van der Waals surface area contributed by atoms with Crippen LogP contribution in [0.5, 0.6) is 0 Å². The molecule has 1 aromatic carbocycles. The summed E-state index contributed by atoms with van der Waals surface area (Å²) in [7, 11) is -3.89. The molecule has 24 heavy (non-hydrogen) atoms. The van der Waals surface area contributed by atoms with Gasteiger partial charge in [0.15, 0.2) is 0 Å². The Bertz CT molecular complexity index is 821. The molecule has 6 nitrogen and oxygen atoms in total. The van der Waals surface area contributed by atoms with Crippen LogP contribution in [0.3, 0.4) is 0 Å². The smallest absolute Gasteiger partial charge is 0.261 e. The number of sulfonamides is 1. The molecule has 1 heterocycles. The second kappa shape index (κ2) is 7.39. The van der Waals surface area contributed by atoms with Crippen LogP contribution in [-0.4, -0.2) is 25.9 Å². The monoisotopic (exact) mass is 351 g/mol. The Morgan fingerprint density at radius 2 is 1.88 bits per heavy atom. The van der Waals surface area contributed by atoms with Crippen LogP contribution in [0.15, 0.2) is 47.6 Å². The highest BCUT2D eigenvalue weighted by Crippen LogP contribution is 2.16. The number of amides is 1. The van der Waals surface area contributed by atoms with E-state index in [4.69, 9.17) is 0 Å². The van der Waals surface area contributed by atoms with Crippen LogP contribution < -0.4 is 10.0 Å². The topological polar surface area (TPSA) is 88.2 Å². The normalized spacial score (nSPS) is 11.3. The van der Waals surface area contributed by atoms with E-state index in [-0.39, 0.29) is 22.1 Å². The minimum Gasteiger partial charge on any atom is -0.352 e. The highest BCUT2D eigenvalue weighted by molar-refractivity contribution is 7.92. The molecular weight excluding hydrogens is 333 g/mol. The van der Waals surface area contributed by atoms with Crippen molar-refractivity contribution in [3.8, 4) is 0 Å². The Morgan fingerprint density at radius 1 is 1.21 bits per heavy atom. The van der Waals surface area contributed by atoms with Crippen LogP contribution in [0.4, 0.5) is 10.1 Å². The van der Waals surface area contributed by atoms with Gasteiger partial charge in [0.25, 0.3) is 15.9 Å². The lowest BCUT2D eigenvalue weighted by Crippen LogP contribution is -2.27. The molecule has 2 rings (SSSR count). The Morgan fingerprint density at radius 3 is 2.50 bits per heavy atom. The zero-order chi connectivity index (χ0) is 17.7. The second-order valence-electron chi connectivity index (χ2n) is 5.63. The molecule has 2 aromatic rings. The number of aromatic nitrogens is 1. The maximum absolute atomic E-state index is 12.9. The SMILES string of the molecule is CC(C)CNC(=O)c1cncc(NS(=O)(=O)c2ccc(F)cc2)c1. The molecule has 0 radical (unpaired) electrons. The lowest BCUT2D eigenvalue weighted by Gasteiger charge is -2.10. The van der Waals surface area contributed by atoms with E-state index in [0.29, 0.717) is 12.5 Å². The van der Waals surface area contributed by atoms with Crippen molar-refractivity contribution in [3.63, 3.8) is 0 Å². The molecule has 128 valence electrons. The third kappa shape index (κ3) is 4.76. The first-order valence-electron chi connectivity index (χ1n) is 7.29. The van der Waals surface area contributed by atoms with Crippen molar-refractivity contribution in [2.45, 2.75) is 18.7 Å². The van der Waals surface area contributed by atoms with Crippen molar-refractivity contribution in [1.29, 1.82) is 0 Å². The number of carbonyl (C=O) groups excluding carboxylic acids is 1. The molecule has 0 fully saturated rings. The average molecular weight is 351 g/mol. The van der Waals surface area contributed by atoms with Gasteiger partial charge in [0.2, 0.25) is 0 Å². The quantitative estimate of drug-likeness (QED) is 0.836. The summed E-state index contributed by atoms with van der Waals surface area (Å²) in [6, 6.07) is 5.82. The van der Waals surface area contributed by atoms with E-state index in [9.17, 15) is 17.6 Å². The van der Waals surface area contributed by atoms with Crippen molar-refractivity contribution in [1.82, 2.24) is 10.3 Å². The highest BCUT2D eigenvalue weighted by atomic mass is 32.2. The predicted molar refractivity (Wildman–Crippen MR) is 88.6 cm³/mol. The molecule has 0 bridgehead atoms. The van der Waals surface area contributed by atoms with E-state index >= 15 is 0 Å². The molecule has 0 aliphatic carbocycles. The van der Waals surface area contributed by atoms with Gasteiger partial charge in [-0.1, -0.05) is 13.8 Å². The van der Waals surface area contributed by atoms with Gasteiger partial charge in [0.05, 0.1) is 22.3 Å². The Balaban J connectivity index is 2.16. The minimum atomic E-state index is -3.89. The number of pyridine rings is 1. The van der Waals surface area contributed by atoms with Gasteiger partial charge in [0, 0.05) is 12.7 Å². The van der Waals surface area contributed by atoms with E-state index in [0.717, 1.165) is 24.3 Å². The van der Waals surface area contributed by atoms with Crippen LogP contribution in [0.2, 0.25) is 0 Å². The van der Waals surface area contributed by atoms with Gasteiger partial charge >= 0.3 is 0 Å². The van der Waals surface area contributed by atoms with E-state index in [1.165, 1.54) is 18.5 Å². The zero-order valence-electron chi connectivity index (χ0n) is 13.3. The summed E-state index contributed by atoms with van der Waals surface area (Å²) in [5.74, 6) is -0.569. The van der Waals surface area contributed by atoms with E-state index < -0.39 is 15.8 Å². The number of benzene rings is 1. The summed E-state index contributed by atoms with van der Waals surface area (Å²) < 4.78 is 39.7. The lowest BCUT2D eigenvalue weighted by atomic mass is 10.2. The Hall–Kier alpha value is -2.48. The number of halogens is 1. The van der Waals surface area contributed by atoms with Gasteiger partial charge in [-0.25, -0.2) is 12.8 Å². The molecule has 0 saturated carbocycles. The molecule has 2 N–H and O–H groups in total. The maximum atomic E-state index is 12.9. The van der Waals surface area contributed by atoms with Crippen molar-refractivity contribution in [3.05, 3.63) is 54.1 Å². The Labute approximate surface area is 140 Å². The number of rotatable bonds is 6. The second-order valence-corrected chi connectivity index (χ2v) is 7.31. The summed E-state index contributed by atoms with van der Waals surface area (Å²) in [6.45, 7) is 4.43. The summed E-state index contributed by atoms with van der Waals surface area (Å²) >= 11 is 0. The number of hydrogen-bond donors (Lipinski definition) is 2. The fourth-order valence-corrected chi connectivity index (χ4v) is 2.88. The van der Waals surface area contributed by atoms with Gasteiger partial charge in [-0.3, -0.25) is 14.5 Å². The molecular formula is C16H18FN3O3S. The molecule has 0 aliphatic rings. The van der Waals surface area contributed by atoms with Crippen LogP contribution in [0.1, 0.15) is 24.2 Å². The number of carbonyl (C=O) groups is 1. The maximum Gasteiger partial charge on any atom is 0.261 e. The van der Waals surface area contributed by atoms with Crippen LogP contribution >= 0.6 is 0 Å². The summed E-state index contributed by atoms with van der Waals surface area (Å²) in [6.07, 6.45) is 2.64. The standard InChI is InChI=1S/C16H18FN3O3S/c1-11(2)8-19-16(21)12-7-14(10-18-9-12)20-24(22,23)15-5-3-13(17)4-6-15/h3-7,9-11,20H,8H2,1-2H3,(H,19,21). The van der Waals surface area contributed by atoms with Crippen molar-refractivity contribution in [2.24, 2.45) is 5.92 Å². The molecule has 0 spiro atoms. The van der Waals surface area contributed by atoms with Crippen molar-refractivity contribution in [2.75, 3.05) is 11.3 Å². The first kappa shape index (κ1) is 17.9. The molecule has 0 aliphatic heterocycles. The third-order valence-electron chi connectivity index (χ3n) is 3.05. The van der Waals surface area contributed by atoms with Crippen LogP contribution in [-0.2, 0) is 10.0 Å². The third-order valence-corrected chi connectivity index (χ3v) is 4.44. The fourth-order valence-electron chi connectivity index (χ4n) is 1.85. The molecule has 1 aromatic heterocycles. The molecule has 8 heteroatoms. The number of nitrogens with one attached hydrogen (secondary N) is 2. The van der Waals surface area contributed by atoms with Gasteiger partial charge in [-0.05, 0) is 36.2 Å². The zero-order valence-corrected chi connectivity index (χ0v) is 14.1. The van der Waals surface area contributed by atoms with Gasteiger partial charge < -0.3 is 5.32 Å². The van der Waals surface area contributed by atoms with Crippen molar-refractivity contribution >= 4 is 21.6 Å². The van der Waals surface area contributed by atoms with Crippen molar-refractivity contribution < 1.29 is 17.6 Å². The molecule has 1 amide bonds. The average Bonchev–Trinajstić information content (AvgIpc) is 2.52. The first-order valence-corrected chi connectivity index (χ1v) is 8.78. The fraction of sp³-hybridized carbons (Fsp3) is 0.250. The molecule has 0 unspecified atom stereocenters. The van der Waals surface area contributed by atoms with Gasteiger partial charge in [-0.15, -0.1) is 0 Å². The Kier molecular flexibility index (Phi) is 5.50. The number of hydrogen-bond acceptors (Lipinski definition) is 4. The van der Waals surface area contributed by atoms with Gasteiger partial charge in [-0.2, -0.15) is 0 Å². The lowest BCUT2D eigenvalue weighted by molar-refractivity contribution is 0.0948. The summed E-state index contributed by atoms with van der Waals surface area (Å²) in [5.41, 5.74) is 0.395. The predicted octanol–water partition coefficient (Wildman–Crippen LogP) is 2.41. The van der Waals surface area contributed by atoms with E-state index in [1.54, 1.807) is 0 Å². The van der Waals surface area contributed by atoms with Gasteiger partial charge in [0.1, 0.15) is 5.82 Å². The molecule has 0 atom stereocenters. The minimum absolute atomic E-state index is 0.0847. The number of anilines is 1. The highest BCUT2D eigenvalue weighted by Gasteiger charge is 2.15. The number of nitrogens with zero attached hydrogens (tertiary/aromatic N) is 1.